The molecule has 122 valence electrons. The van der Waals surface area contributed by atoms with Gasteiger partial charge in [-0.2, -0.15) is 0 Å². The van der Waals surface area contributed by atoms with Gasteiger partial charge in [-0.3, -0.25) is 9.59 Å². The number of carbonyl (C=O) groups is 2. The first-order valence-corrected chi connectivity index (χ1v) is 7.63. The Morgan fingerprint density at radius 1 is 1.23 bits per heavy atom. The molecule has 1 aromatic carbocycles. The molecule has 22 heavy (non-hydrogen) atoms. The Morgan fingerprint density at radius 3 is 2.55 bits per heavy atom. The second-order valence-corrected chi connectivity index (χ2v) is 5.88. The Balaban J connectivity index is 2.57. The first-order chi connectivity index (χ1) is 10.4. The van der Waals surface area contributed by atoms with Crippen molar-refractivity contribution in [1.29, 1.82) is 0 Å². The highest BCUT2D eigenvalue weighted by molar-refractivity contribution is 5.78. The number of primary amides is 1. The largest absolute Gasteiger partial charge is 0.493 e. The van der Waals surface area contributed by atoms with Gasteiger partial charge in [0.2, 0.25) is 11.8 Å². The van der Waals surface area contributed by atoms with Gasteiger partial charge in [0.1, 0.15) is 5.75 Å². The molecule has 1 rings (SSSR count). The summed E-state index contributed by atoms with van der Waals surface area (Å²) in [4.78, 5) is 24.4. The van der Waals surface area contributed by atoms with Gasteiger partial charge in [-0.15, -0.1) is 0 Å². The number of hydrogen-bond acceptors (Lipinski definition) is 3. The lowest BCUT2D eigenvalue weighted by atomic mass is 10.1. The smallest absolute Gasteiger partial charge is 0.222 e. The van der Waals surface area contributed by atoms with Crippen molar-refractivity contribution in [3.05, 3.63) is 29.8 Å². The SMILES string of the molecule is CC(C)COc1ccccc1CN(C)C(=O)CCCC(N)=O. The molecule has 0 bridgehead atoms. The summed E-state index contributed by atoms with van der Waals surface area (Å²) in [5.41, 5.74) is 6.06. The molecule has 0 aliphatic carbocycles. The zero-order valence-electron chi connectivity index (χ0n) is 13.7. The van der Waals surface area contributed by atoms with Crippen molar-refractivity contribution in [3.63, 3.8) is 0 Å². The third kappa shape index (κ3) is 6.61. The van der Waals surface area contributed by atoms with Gasteiger partial charge in [0.15, 0.2) is 0 Å². The predicted molar refractivity (Wildman–Crippen MR) is 86.3 cm³/mol. The molecule has 0 aliphatic heterocycles. The third-order valence-corrected chi connectivity index (χ3v) is 3.19. The van der Waals surface area contributed by atoms with E-state index in [4.69, 9.17) is 10.5 Å². The quantitative estimate of drug-likeness (QED) is 0.761. The van der Waals surface area contributed by atoms with Gasteiger partial charge in [-0.1, -0.05) is 32.0 Å². The lowest BCUT2D eigenvalue weighted by Crippen LogP contribution is -2.26. The standard InChI is InChI=1S/C17H26N2O3/c1-13(2)12-22-15-8-5-4-7-14(15)11-19(3)17(21)10-6-9-16(18)20/h4-5,7-8,13H,6,9-12H2,1-3H3,(H2,18,20). The van der Waals surface area contributed by atoms with Crippen LogP contribution in [0.1, 0.15) is 38.7 Å². The molecule has 0 atom stereocenters. The minimum atomic E-state index is -0.372. The summed E-state index contributed by atoms with van der Waals surface area (Å²) in [6, 6.07) is 7.74. The molecule has 0 saturated heterocycles. The van der Waals surface area contributed by atoms with Crippen molar-refractivity contribution in [3.8, 4) is 5.75 Å². The molecule has 0 saturated carbocycles. The van der Waals surface area contributed by atoms with Crippen molar-refractivity contribution in [2.45, 2.75) is 39.7 Å². The number of carbonyl (C=O) groups excluding carboxylic acids is 2. The first kappa shape index (κ1) is 18.0. The minimum absolute atomic E-state index is 0.0000809. The van der Waals surface area contributed by atoms with Crippen molar-refractivity contribution in [2.24, 2.45) is 11.7 Å². The van der Waals surface area contributed by atoms with E-state index >= 15 is 0 Å². The molecule has 5 heteroatoms. The van der Waals surface area contributed by atoms with Crippen LogP contribution in [0.25, 0.3) is 0 Å². The lowest BCUT2D eigenvalue weighted by molar-refractivity contribution is -0.130. The van der Waals surface area contributed by atoms with E-state index in [0.29, 0.717) is 31.9 Å². The fraction of sp³-hybridized carbons (Fsp3) is 0.529. The van der Waals surface area contributed by atoms with Gasteiger partial charge in [-0.25, -0.2) is 0 Å². The zero-order chi connectivity index (χ0) is 16.5. The van der Waals surface area contributed by atoms with E-state index in [1.165, 1.54) is 0 Å². The van der Waals surface area contributed by atoms with Gasteiger partial charge >= 0.3 is 0 Å². The van der Waals surface area contributed by atoms with E-state index in [2.05, 4.69) is 13.8 Å². The zero-order valence-corrected chi connectivity index (χ0v) is 13.7. The highest BCUT2D eigenvalue weighted by Gasteiger charge is 2.12. The lowest BCUT2D eigenvalue weighted by Gasteiger charge is -2.20. The van der Waals surface area contributed by atoms with Gasteiger partial charge in [0.25, 0.3) is 0 Å². The van der Waals surface area contributed by atoms with Crippen LogP contribution in [0.5, 0.6) is 5.75 Å². The summed E-state index contributed by atoms with van der Waals surface area (Å²) >= 11 is 0. The highest BCUT2D eigenvalue weighted by atomic mass is 16.5. The number of ether oxygens (including phenoxy) is 1. The first-order valence-electron chi connectivity index (χ1n) is 7.63. The number of para-hydroxylation sites is 1. The van der Waals surface area contributed by atoms with Crippen LogP contribution in [0.3, 0.4) is 0 Å². The molecule has 2 amide bonds. The molecule has 2 N–H and O–H groups in total. The van der Waals surface area contributed by atoms with Crippen LogP contribution >= 0.6 is 0 Å². The van der Waals surface area contributed by atoms with Crippen LogP contribution in [0, 0.1) is 5.92 Å². The summed E-state index contributed by atoms with van der Waals surface area (Å²) in [5.74, 6) is 0.886. The number of hydrogen-bond donors (Lipinski definition) is 1. The fourth-order valence-electron chi connectivity index (χ4n) is 1.98. The molecular formula is C17H26N2O3. The number of rotatable bonds is 9. The molecule has 0 radical (unpaired) electrons. The van der Waals surface area contributed by atoms with Crippen LogP contribution in [0.2, 0.25) is 0 Å². The summed E-state index contributed by atoms with van der Waals surface area (Å²) in [5, 5.41) is 0. The number of nitrogens with zero attached hydrogens (tertiary/aromatic N) is 1. The van der Waals surface area contributed by atoms with E-state index in [1.54, 1.807) is 11.9 Å². The maximum Gasteiger partial charge on any atom is 0.222 e. The molecule has 0 heterocycles. The average molecular weight is 306 g/mol. The van der Waals surface area contributed by atoms with Crippen molar-refractivity contribution < 1.29 is 14.3 Å². The van der Waals surface area contributed by atoms with Gasteiger partial charge in [0, 0.05) is 32.0 Å². The minimum Gasteiger partial charge on any atom is -0.493 e. The van der Waals surface area contributed by atoms with Crippen LogP contribution in [-0.4, -0.2) is 30.4 Å². The summed E-state index contributed by atoms with van der Waals surface area (Å²) in [6.07, 6.45) is 1.06. The number of amides is 2. The molecule has 5 nitrogen and oxygen atoms in total. The second-order valence-electron chi connectivity index (χ2n) is 5.88. The second kappa shape index (κ2) is 9.07. The van der Waals surface area contributed by atoms with E-state index < -0.39 is 0 Å². The number of nitrogens with two attached hydrogens (primary N) is 1. The summed E-state index contributed by atoms with van der Waals surface area (Å²) in [6.45, 7) is 5.32. The van der Waals surface area contributed by atoms with Crippen molar-refractivity contribution >= 4 is 11.8 Å². The Labute approximate surface area is 132 Å². The van der Waals surface area contributed by atoms with E-state index in [-0.39, 0.29) is 18.2 Å². The third-order valence-electron chi connectivity index (χ3n) is 3.19. The van der Waals surface area contributed by atoms with Gasteiger partial charge in [0.05, 0.1) is 6.61 Å². The van der Waals surface area contributed by atoms with Crippen molar-refractivity contribution in [1.82, 2.24) is 4.90 Å². The summed E-state index contributed by atoms with van der Waals surface area (Å²) < 4.78 is 5.79. The van der Waals surface area contributed by atoms with Crippen molar-refractivity contribution in [2.75, 3.05) is 13.7 Å². The Hall–Kier alpha value is -2.04. The Bertz CT molecular complexity index is 500. The summed E-state index contributed by atoms with van der Waals surface area (Å²) in [7, 11) is 1.76. The van der Waals surface area contributed by atoms with Gasteiger partial charge < -0.3 is 15.4 Å². The molecule has 0 spiro atoms. The predicted octanol–water partition coefficient (Wildman–Crippen LogP) is 2.34. The fourth-order valence-corrected chi connectivity index (χ4v) is 1.98. The monoisotopic (exact) mass is 306 g/mol. The van der Waals surface area contributed by atoms with E-state index in [9.17, 15) is 9.59 Å². The maximum absolute atomic E-state index is 12.0. The Morgan fingerprint density at radius 2 is 1.91 bits per heavy atom. The normalized spacial score (nSPS) is 10.5. The Kier molecular flexibility index (Phi) is 7.43. The van der Waals surface area contributed by atoms with Crippen LogP contribution in [-0.2, 0) is 16.1 Å². The van der Waals surface area contributed by atoms with Crippen LogP contribution < -0.4 is 10.5 Å². The van der Waals surface area contributed by atoms with Crippen LogP contribution in [0.15, 0.2) is 24.3 Å². The maximum atomic E-state index is 12.0. The highest BCUT2D eigenvalue weighted by Crippen LogP contribution is 2.20. The topological polar surface area (TPSA) is 72.6 Å². The average Bonchev–Trinajstić information content (AvgIpc) is 2.45. The molecular weight excluding hydrogens is 280 g/mol. The molecule has 0 aromatic heterocycles. The van der Waals surface area contributed by atoms with E-state index in [0.717, 1.165) is 11.3 Å². The number of benzene rings is 1. The van der Waals surface area contributed by atoms with Gasteiger partial charge in [-0.05, 0) is 18.4 Å². The molecule has 0 unspecified atom stereocenters. The molecule has 0 aliphatic rings. The van der Waals surface area contributed by atoms with Crippen LogP contribution in [0.4, 0.5) is 0 Å². The van der Waals surface area contributed by atoms with E-state index in [1.807, 2.05) is 24.3 Å². The molecule has 0 fully saturated rings. The molecule has 1 aromatic rings.